The fourth-order valence-corrected chi connectivity index (χ4v) is 3.34. The Balaban J connectivity index is 0. The van der Waals surface area contributed by atoms with E-state index in [1.165, 1.54) is 30.7 Å². The first kappa shape index (κ1) is 39.0. The third-order valence-electron chi connectivity index (χ3n) is 5.12. The van der Waals surface area contributed by atoms with Gasteiger partial charge in [-0.1, -0.05) is 85.2 Å². The molecule has 1 aliphatic carbocycles. The zero-order valence-corrected chi connectivity index (χ0v) is 25.0. The van der Waals surface area contributed by atoms with Crippen LogP contribution in [-0.2, 0) is 9.63 Å². The van der Waals surface area contributed by atoms with Crippen molar-refractivity contribution in [3.8, 4) is 12.8 Å². The number of carbonyl (C=O) groups is 1. The van der Waals surface area contributed by atoms with Crippen LogP contribution in [0.4, 0.5) is 13.2 Å². The zero-order chi connectivity index (χ0) is 31.4. The summed E-state index contributed by atoms with van der Waals surface area (Å²) < 4.78 is 40.6. The SMILES string of the molecule is C#C.C=C(/C=C\C(Cl)=C(/C)N)C1=NOC(C/C=C(Cl)\C=C/C)(C(F)(F)F)C1.CC.NC(=O)CC1=CCCCC=C1. The number of alkyl halides is 3. The number of primary amides is 1. The molecule has 0 aromatic heterocycles. The molecule has 1 aliphatic heterocycles. The van der Waals surface area contributed by atoms with E-state index in [4.69, 9.17) is 39.5 Å². The molecule has 0 aromatic rings. The molecular weight excluding hydrogens is 562 g/mol. The number of oxime groups is 1. The summed E-state index contributed by atoms with van der Waals surface area (Å²) in [5, 5.41) is 4.03. The second-order valence-electron chi connectivity index (χ2n) is 8.24. The van der Waals surface area contributed by atoms with E-state index >= 15 is 0 Å². The topological polar surface area (TPSA) is 90.7 Å². The normalized spacial score (nSPS) is 19.3. The van der Waals surface area contributed by atoms with Crippen LogP contribution in [0.1, 0.15) is 66.2 Å². The molecule has 0 saturated carbocycles. The number of hydrogen-bond donors (Lipinski definition) is 2. The summed E-state index contributed by atoms with van der Waals surface area (Å²) in [6, 6.07) is 0. The van der Waals surface area contributed by atoms with Crippen LogP contribution in [0.25, 0.3) is 0 Å². The van der Waals surface area contributed by atoms with Crippen molar-refractivity contribution in [3.63, 3.8) is 0 Å². The third-order valence-corrected chi connectivity index (χ3v) is 5.83. The molecule has 1 amide bonds. The number of allylic oxidation sites excluding steroid dienone is 11. The van der Waals surface area contributed by atoms with Crippen LogP contribution in [0.15, 0.2) is 87.3 Å². The standard InChI is InChI=1S/C17H19Cl2F3N2O.C9H13NO.C2H6.C2H2/c1-4-5-13(18)8-9-16(17(20,21)22)10-15(24-25-16)11(2)6-7-14(19)12(3)23;10-9(11)7-8-5-3-1-2-4-6-8;2*1-2/h4-8H,2,9-10,23H2,1,3H3;3,5-6H,1-2,4,7H2,(H2,10,11);1-2H3;1-2H/b5-4-,7-6-,13-8+,14-12-;;;. The summed E-state index contributed by atoms with van der Waals surface area (Å²) in [4.78, 5) is 15.3. The van der Waals surface area contributed by atoms with E-state index in [0.717, 1.165) is 18.4 Å². The van der Waals surface area contributed by atoms with E-state index in [1.807, 2.05) is 19.9 Å². The lowest BCUT2D eigenvalue weighted by molar-refractivity contribution is -0.267. The first-order valence-corrected chi connectivity index (χ1v) is 13.3. The van der Waals surface area contributed by atoms with Crippen LogP contribution in [0.5, 0.6) is 0 Å². The molecule has 1 unspecified atom stereocenters. The van der Waals surface area contributed by atoms with Gasteiger partial charge in [0, 0.05) is 23.6 Å². The second-order valence-corrected chi connectivity index (χ2v) is 9.08. The van der Waals surface area contributed by atoms with Crippen molar-refractivity contribution in [2.45, 2.75) is 78.0 Å². The minimum absolute atomic E-state index is 0.0864. The van der Waals surface area contributed by atoms with Crippen LogP contribution in [0.3, 0.4) is 0 Å². The quantitative estimate of drug-likeness (QED) is 0.216. The molecular formula is C30H40Cl2F3N3O2. The van der Waals surface area contributed by atoms with E-state index < -0.39 is 24.6 Å². The fraction of sp³-hybridized carbons (Fsp3) is 0.400. The Morgan fingerprint density at radius 1 is 1.20 bits per heavy atom. The van der Waals surface area contributed by atoms with Gasteiger partial charge in [-0.15, -0.1) is 12.8 Å². The van der Waals surface area contributed by atoms with E-state index in [0.29, 0.717) is 12.1 Å². The molecule has 1 heterocycles. The van der Waals surface area contributed by atoms with Gasteiger partial charge in [0.15, 0.2) is 0 Å². The Hall–Kier alpha value is -3.15. The highest BCUT2D eigenvalue weighted by molar-refractivity contribution is 6.31. The Kier molecular flexibility index (Phi) is 20.2. The van der Waals surface area contributed by atoms with E-state index in [9.17, 15) is 18.0 Å². The van der Waals surface area contributed by atoms with Crippen LogP contribution in [0.2, 0.25) is 0 Å². The van der Waals surface area contributed by atoms with Gasteiger partial charge in [0.2, 0.25) is 11.5 Å². The molecule has 4 N–H and O–H groups in total. The van der Waals surface area contributed by atoms with Crippen molar-refractivity contribution in [1.82, 2.24) is 0 Å². The number of terminal acetylenes is 1. The molecule has 2 rings (SSSR count). The van der Waals surface area contributed by atoms with Gasteiger partial charge in [0.25, 0.3) is 0 Å². The molecule has 2 aliphatic rings. The van der Waals surface area contributed by atoms with E-state index in [1.54, 1.807) is 19.9 Å². The zero-order valence-electron chi connectivity index (χ0n) is 23.5. The van der Waals surface area contributed by atoms with E-state index in [2.05, 4.69) is 36.7 Å². The molecule has 222 valence electrons. The smallest absolute Gasteiger partial charge is 0.401 e. The van der Waals surface area contributed by atoms with Gasteiger partial charge in [-0.2, -0.15) is 13.2 Å². The van der Waals surface area contributed by atoms with Crippen molar-refractivity contribution >= 4 is 34.8 Å². The van der Waals surface area contributed by atoms with Gasteiger partial charge in [-0.3, -0.25) is 4.79 Å². The summed E-state index contributed by atoms with van der Waals surface area (Å²) >= 11 is 11.7. The molecule has 0 fully saturated rings. The predicted molar refractivity (Wildman–Crippen MR) is 162 cm³/mol. The van der Waals surface area contributed by atoms with Crippen molar-refractivity contribution in [2.24, 2.45) is 16.6 Å². The molecule has 0 spiro atoms. The molecule has 0 radical (unpaired) electrons. The van der Waals surface area contributed by atoms with Gasteiger partial charge >= 0.3 is 6.18 Å². The molecule has 0 aromatic carbocycles. The third kappa shape index (κ3) is 14.9. The summed E-state index contributed by atoms with van der Waals surface area (Å²) in [6.45, 7) is 11.0. The molecule has 0 bridgehead atoms. The van der Waals surface area contributed by atoms with Gasteiger partial charge < -0.3 is 16.3 Å². The molecule has 40 heavy (non-hydrogen) atoms. The van der Waals surface area contributed by atoms with Gasteiger partial charge in [0.05, 0.1) is 17.2 Å². The first-order chi connectivity index (χ1) is 18.8. The molecule has 10 heteroatoms. The van der Waals surface area contributed by atoms with E-state index in [-0.39, 0.29) is 27.3 Å². The number of nitrogens with zero attached hydrogens (tertiary/aromatic N) is 1. The largest absolute Gasteiger partial charge is 0.431 e. The van der Waals surface area contributed by atoms with Crippen LogP contribution >= 0.6 is 23.2 Å². The van der Waals surface area contributed by atoms with Crippen molar-refractivity contribution in [1.29, 1.82) is 0 Å². The van der Waals surface area contributed by atoms with Crippen molar-refractivity contribution in [3.05, 3.63) is 82.1 Å². The Morgan fingerprint density at radius 3 is 2.35 bits per heavy atom. The van der Waals surface area contributed by atoms with Crippen molar-refractivity contribution in [2.75, 3.05) is 0 Å². The van der Waals surface area contributed by atoms with Gasteiger partial charge in [-0.05, 0) is 56.4 Å². The Bertz CT molecular complexity index is 1060. The Morgan fingerprint density at radius 2 is 1.82 bits per heavy atom. The maximum Gasteiger partial charge on any atom is 0.431 e. The predicted octanol–water partition coefficient (Wildman–Crippen LogP) is 8.50. The highest BCUT2D eigenvalue weighted by atomic mass is 35.5. The number of amides is 1. The minimum atomic E-state index is -4.63. The minimum Gasteiger partial charge on any atom is -0.401 e. The number of rotatable bonds is 8. The average molecular weight is 603 g/mol. The summed E-state index contributed by atoms with van der Waals surface area (Å²) in [6.07, 6.45) is 19.6. The number of halogens is 5. The number of nitrogens with two attached hydrogens (primary N) is 2. The van der Waals surface area contributed by atoms with Crippen LogP contribution < -0.4 is 11.5 Å². The summed E-state index contributed by atoms with van der Waals surface area (Å²) in [5.41, 5.74) is 9.89. The summed E-state index contributed by atoms with van der Waals surface area (Å²) in [7, 11) is 0. The molecule has 0 saturated heterocycles. The average Bonchev–Trinajstić information content (AvgIpc) is 3.21. The highest BCUT2D eigenvalue weighted by Crippen LogP contribution is 2.44. The lowest BCUT2D eigenvalue weighted by Crippen LogP contribution is -2.45. The summed E-state index contributed by atoms with van der Waals surface area (Å²) in [5.74, 6) is -0.247. The maximum absolute atomic E-state index is 13.5. The van der Waals surface area contributed by atoms with Crippen molar-refractivity contribution < 1.29 is 22.8 Å². The first-order valence-electron chi connectivity index (χ1n) is 12.6. The monoisotopic (exact) mass is 601 g/mol. The number of carbonyl (C=O) groups excluding carboxylic acids is 1. The van der Waals surface area contributed by atoms with Crippen LogP contribution in [0, 0.1) is 12.8 Å². The lowest BCUT2D eigenvalue weighted by atomic mass is 9.90. The molecule has 1 atom stereocenters. The van der Waals surface area contributed by atoms with Gasteiger partial charge in [-0.25, -0.2) is 0 Å². The lowest BCUT2D eigenvalue weighted by Gasteiger charge is -2.27. The van der Waals surface area contributed by atoms with Gasteiger partial charge in [0.1, 0.15) is 0 Å². The second kappa shape index (κ2) is 20.7. The molecule has 5 nitrogen and oxygen atoms in total. The maximum atomic E-state index is 13.5. The fourth-order valence-electron chi connectivity index (χ4n) is 3.08. The highest BCUT2D eigenvalue weighted by Gasteiger charge is 2.60. The number of hydrogen-bond acceptors (Lipinski definition) is 4. The van der Waals surface area contributed by atoms with Crippen LogP contribution in [-0.4, -0.2) is 23.4 Å². The Labute approximate surface area is 246 Å².